The van der Waals surface area contributed by atoms with Gasteiger partial charge in [0, 0.05) is 17.1 Å². The molecule has 1 fully saturated rings. The Balaban J connectivity index is 1.62. The van der Waals surface area contributed by atoms with E-state index >= 15 is 0 Å². The summed E-state index contributed by atoms with van der Waals surface area (Å²) < 4.78 is 40.5. The molecule has 31 heavy (non-hydrogen) atoms. The first-order chi connectivity index (χ1) is 15.1. The Kier molecular flexibility index (Phi) is 6.98. The molecule has 0 bridgehead atoms. The van der Waals surface area contributed by atoms with Crippen LogP contribution in [0, 0.1) is 11.6 Å². The lowest BCUT2D eigenvalue weighted by atomic mass is 9.82. The van der Waals surface area contributed by atoms with Crippen molar-refractivity contribution < 1.29 is 18.3 Å². The summed E-state index contributed by atoms with van der Waals surface area (Å²) in [5.74, 6) is -1.76. The van der Waals surface area contributed by atoms with Crippen molar-refractivity contribution in [3.8, 4) is 0 Å². The highest BCUT2D eigenvalue weighted by atomic mass is 35.5. The molecule has 3 aromatic rings. The van der Waals surface area contributed by atoms with Crippen LogP contribution in [-0.2, 0) is 28.3 Å². The van der Waals surface area contributed by atoms with Crippen LogP contribution in [0.2, 0.25) is 5.02 Å². The lowest BCUT2D eigenvalue weighted by molar-refractivity contribution is -0.176. The van der Waals surface area contributed by atoms with E-state index in [0.717, 1.165) is 23.7 Å². The molecule has 1 heterocycles. The van der Waals surface area contributed by atoms with Gasteiger partial charge < -0.3 is 14.8 Å². The van der Waals surface area contributed by atoms with Crippen molar-refractivity contribution in [3.63, 3.8) is 0 Å². The van der Waals surface area contributed by atoms with Crippen LogP contribution in [0.5, 0.6) is 0 Å². The van der Waals surface area contributed by atoms with Gasteiger partial charge in [-0.05, 0) is 42.3 Å². The van der Waals surface area contributed by atoms with Gasteiger partial charge in [-0.2, -0.15) is 0 Å². The van der Waals surface area contributed by atoms with Gasteiger partial charge in [-0.25, -0.2) is 8.78 Å². The monoisotopic (exact) mass is 443 g/mol. The molecule has 0 aliphatic carbocycles. The molecule has 0 radical (unpaired) electrons. The summed E-state index contributed by atoms with van der Waals surface area (Å²) in [5, 5.41) is 3.97. The maximum atomic E-state index is 14.2. The van der Waals surface area contributed by atoms with E-state index < -0.39 is 23.3 Å². The number of hydrogen-bond donors (Lipinski definition) is 1. The second-order valence-electron chi connectivity index (χ2n) is 7.64. The molecule has 4 rings (SSSR count). The van der Waals surface area contributed by atoms with Gasteiger partial charge in [-0.1, -0.05) is 66.2 Å². The molecule has 162 valence electrons. The fraction of sp³-hybridized carbons (Fsp3) is 0.280. The molecule has 3 nitrogen and oxygen atoms in total. The van der Waals surface area contributed by atoms with Crippen LogP contribution in [0.15, 0.2) is 72.8 Å². The van der Waals surface area contributed by atoms with E-state index in [1.807, 2.05) is 54.6 Å². The smallest absolute Gasteiger partial charge is 0.164 e. The number of nitrogens with one attached hydrogen (secondary N) is 1. The summed E-state index contributed by atoms with van der Waals surface area (Å²) in [5.41, 5.74) is 1.41. The van der Waals surface area contributed by atoms with Crippen molar-refractivity contribution in [1.29, 1.82) is 0 Å². The third-order valence-electron chi connectivity index (χ3n) is 5.67. The van der Waals surface area contributed by atoms with Crippen LogP contribution in [0.4, 0.5) is 8.78 Å². The van der Waals surface area contributed by atoms with Crippen molar-refractivity contribution in [2.75, 3.05) is 13.1 Å². The van der Waals surface area contributed by atoms with Crippen molar-refractivity contribution in [3.05, 3.63) is 106 Å². The zero-order valence-electron chi connectivity index (χ0n) is 17.0. The SMILES string of the molecule is Fc1cccc(CO[C@H]2CNCC[C@@]2(OCc2ccccc2)c2ccc(Cl)cc2)c1F. The molecule has 0 spiro atoms. The maximum absolute atomic E-state index is 14.2. The highest BCUT2D eigenvalue weighted by molar-refractivity contribution is 6.30. The van der Waals surface area contributed by atoms with E-state index in [1.165, 1.54) is 12.1 Å². The van der Waals surface area contributed by atoms with E-state index in [2.05, 4.69) is 5.32 Å². The lowest BCUT2D eigenvalue weighted by Gasteiger charge is -2.44. The molecule has 1 N–H and O–H groups in total. The minimum atomic E-state index is -0.882. The lowest BCUT2D eigenvalue weighted by Crippen LogP contribution is -2.54. The molecule has 1 aliphatic heterocycles. The largest absolute Gasteiger partial charge is 0.369 e. The first-order valence-corrected chi connectivity index (χ1v) is 10.7. The topological polar surface area (TPSA) is 30.5 Å². The van der Waals surface area contributed by atoms with Crippen molar-refractivity contribution in [2.24, 2.45) is 0 Å². The van der Waals surface area contributed by atoms with Gasteiger partial charge in [-0.15, -0.1) is 0 Å². The van der Waals surface area contributed by atoms with Crippen molar-refractivity contribution >= 4 is 11.6 Å². The van der Waals surface area contributed by atoms with Gasteiger partial charge in [0.05, 0.1) is 13.2 Å². The van der Waals surface area contributed by atoms with E-state index in [4.69, 9.17) is 21.1 Å². The number of piperidine rings is 1. The minimum Gasteiger partial charge on any atom is -0.369 e. The standard InChI is InChI=1S/C25H24ClF2NO2/c26-21-11-9-20(10-12-21)25(31-16-18-5-2-1-3-6-18)13-14-29-15-23(25)30-17-19-7-4-8-22(27)24(19)28/h1-12,23,29H,13-17H2/t23-,25+/m0/s1. The molecule has 0 aromatic heterocycles. The van der Waals surface area contributed by atoms with Crippen molar-refractivity contribution in [2.45, 2.75) is 31.3 Å². The zero-order valence-corrected chi connectivity index (χ0v) is 17.7. The highest BCUT2D eigenvalue weighted by Crippen LogP contribution is 2.38. The molecule has 0 saturated carbocycles. The Morgan fingerprint density at radius 2 is 1.71 bits per heavy atom. The molecular formula is C25H24ClF2NO2. The van der Waals surface area contributed by atoms with Crippen LogP contribution in [0.1, 0.15) is 23.1 Å². The predicted molar refractivity (Wildman–Crippen MR) is 117 cm³/mol. The van der Waals surface area contributed by atoms with E-state index in [9.17, 15) is 8.78 Å². The molecule has 1 aliphatic rings. The van der Waals surface area contributed by atoms with Gasteiger partial charge in [0.2, 0.25) is 0 Å². The molecule has 0 unspecified atom stereocenters. The normalized spacial score (nSPS) is 21.2. The summed E-state index contributed by atoms with van der Waals surface area (Å²) >= 11 is 6.12. The average molecular weight is 444 g/mol. The second kappa shape index (κ2) is 9.88. The first-order valence-electron chi connectivity index (χ1n) is 10.3. The van der Waals surface area contributed by atoms with E-state index in [-0.39, 0.29) is 12.2 Å². The Labute approximate surface area is 186 Å². The van der Waals surface area contributed by atoms with Gasteiger partial charge >= 0.3 is 0 Å². The zero-order chi connectivity index (χ0) is 21.7. The molecular weight excluding hydrogens is 420 g/mol. The molecule has 0 amide bonds. The van der Waals surface area contributed by atoms with Crippen molar-refractivity contribution in [1.82, 2.24) is 5.32 Å². The molecule has 2 atom stereocenters. The number of halogens is 3. The highest BCUT2D eigenvalue weighted by Gasteiger charge is 2.44. The van der Waals surface area contributed by atoms with Crippen LogP contribution in [0.25, 0.3) is 0 Å². The van der Waals surface area contributed by atoms with Crippen LogP contribution >= 0.6 is 11.6 Å². The van der Waals surface area contributed by atoms with Gasteiger partial charge in [-0.3, -0.25) is 0 Å². The third-order valence-corrected chi connectivity index (χ3v) is 5.92. The Morgan fingerprint density at radius 1 is 0.935 bits per heavy atom. The molecule has 3 aromatic carbocycles. The first kappa shape index (κ1) is 21.9. The number of rotatable bonds is 7. The Bertz CT molecular complexity index is 1000. The Hall–Kier alpha value is -2.31. The van der Waals surface area contributed by atoms with E-state index in [0.29, 0.717) is 24.6 Å². The fourth-order valence-electron chi connectivity index (χ4n) is 3.97. The summed E-state index contributed by atoms with van der Waals surface area (Å²) in [7, 11) is 0. The molecule has 1 saturated heterocycles. The van der Waals surface area contributed by atoms with Gasteiger partial charge in [0.15, 0.2) is 11.6 Å². The predicted octanol–water partition coefficient (Wildman–Crippen LogP) is 5.61. The number of hydrogen-bond acceptors (Lipinski definition) is 3. The second-order valence-corrected chi connectivity index (χ2v) is 8.07. The summed E-state index contributed by atoms with van der Waals surface area (Å²) in [6.07, 6.45) is 0.256. The van der Waals surface area contributed by atoms with Crippen LogP contribution in [0.3, 0.4) is 0 Å². The summed E-state index contributed by atoms with van der Waals surface area (Å²) in [6.45, 7) is 1.61. The van der Waals surface area contributed by atoms with Gasteiger partial charge in [0.25, 0.3) is 0 Å². The summed E-state index contributed by atoms with van der Waals surface area (Å²) in [6, 6.07) is 21.6. The van der Waals surface area contributed by atoms with Crippen LogP contribution < -0.4 is 5.32 Å². The quantitative estimate of drug-likeness (QED) is 0.515. The van der Waals surface area contributed by atoms with Gasteiger partial charge in [0.1, 0.15) is 11.7 Å². The average Bonchev–Trinajstić information content (AvgIpc) is 2.80. The third kappa shape index (κ3) is 4.96. The number of benzene rings is 3. The number of ether oxygens (including phenoxy) is 2. The summed E-state index contributed by atoms with van der Waals surface area (Å²) in [4.78, 5) is 0. The fourth-order valence-corrected chi connectivity index (χ4v) is 4.10. The maximum Gasteiger partial charge on any atom is 0.164 e. The molecule has 6 heteroatoms. The Morgan fingerprint density at radius 3 is 2.48 bits per heavy atom. The van der Waals surface area contributed by atoms with E-state index in [1.54, 1.807) is 0 Å². The minimum absolute atomic E-state index is 0.0556. The van der Waals surface area contributed by atoms with Crippen LogP contribution in [-0.4, -0.2) is 19.2 Å².